The molecule has 1 heterocycles. The average Bonchev–Trinajstić information content (AvgIpc) is 3.09. The van der Waals surface area contributed by atoms with Crippen LogP contribution in [0.4, 0.5) is 5.13 Å². The minimum atomic E-state index is -3.64. The van der Waals surface area contributed by atoms with E-state index in [1.54, 1.807) is 19.9 Å². The van der Waals surface area contributed by atoms with Crippen molar-refractivity contribution in [2.45, 2.75) is 19.0 Å². The SMILES string of the molecule is COc1cc(/C=C(/C#N)C(=O)Nc2nc(S(=O)(=O)CC(C)C)ns2)ccc1O. The first-order valence-corrected chi connectivity index (χ1v) is 10.5. The molecule has 1 amide bonds. The second-order valence-electron chi connectivity index (χ2n) is 6.11. The van der Waals surface area contributed by atoms with Gasteiger partial charge >= 0.3 is 0 Å². The molecule has 0 saturated heterocycles. The monoisotopic (exact) mass is 422 g/mol. The van der Waals surface area contributed by atoms with E-state index in [1.807, 2.05) is 0 Å². The standard InChI is InChI=1S/C17H18N4O5S2/c1-10(2)9-28(24,25)17-20-16(27-21-17)19-15(23)12(8-18)6-11-4-5-13(22)14(7-11)26-3/h4-7,10,22H,9H2,1-3H3,(H,19,20,21,23)/b12-6-. The summed E-state index contributed by atoms with van der Waals surface area (Å²) in [6.07, 6.45) is 1.30. The molecule has 0 aliphatic carbocycles. The van der Waals surface area contributed by atoms with E-state index in [0.717, 1.165) is 0 Å². The van der Waals surface area contributed by atoms with Gasteiger partial charge in [-0.25, -0.2) is 8.42 Å². The van der Waals surface area contributed by atoms with Crippen LogP contribution < -0.4 is 10.1 Å². The van der Waals surface area contributed by atoms with Crippen molar-refractivity contribution in [2.75, 3.05) is 18.2 Å². The lowest BCUT2D eigenvalue weighted by Crippen LogP contribution is -2.15. The van der Waals surface area contributed by atoms with Crippen molar-refractivity contribution in [3.8, 4) is 17.6 Å². The van der Waals surface area contributed by atoms with Gasteiger partial charge in [0.05, 0.1) is 12.9 Å². The van der Waals surface area contributed by atoms with E-state index in [-0.39, 0.29) is 39.0 Å². The molecule has 28 heavy (non-hydrogen) atoms. The van der Waals surface area contributed by atoms with Crippen molar-refractivity contribution in [1.29, 1.82) is 5.26 Å². The van der Waals surface area contributed by atoms with Crippen molar-refractivity contribution in [2.24, 2.45) is 5.92 Å². The number of aromatic hydroxyl groups is 1. The zero-order valence-electron chi connectivity index (χ0n) is 15.3. The van der Waals surface area contributed by atoms with Crippen molar-refractivity contribution in [3.63, 3.8) is 0 Å². The molecule has 0 fully saturated rings. The smallest absolute Gasteiger partial charge is 0.268 e. The van der Waals surface area contributed by atoms with Crippen molar-refractivity contribution in [3.05, 3.63) is 29.3 Å². The van der Waals surface area contributed by atoms with Gasteiger partial charge in [-0.2, -0.15) is 14.6 Å². The van der Waals surface area contributed by atoms with Crippen LogP contribution in [0.15, 0.2) is 28.9 Å². The number of sulfone groups is 1. The summed E-state index contributed by atoms with van der Waals surface area (Å²) in [4.78, 5) is 16.1. The third-order valence-corrected chi connectivity index (χ3v) is 5.93. The van der Waals surface area contributed by atoms with Crippen LogP contribution in [-0.4, -0.2) is 41.7 Å². The number of rotatable bonds is 7. The zero-order chi connectivity index (χ0) is 20.9. The number of carbonyl (C=O) groups excluding carboxylic acids is 1. The quantitative estimate of drug-likeness (QED) is 0.511. The Balaban J connectivity index is 2.20. The highest BCUT2D eigenvalue weighted by Crippen LogP contribution is 2.27. The molecule has 0 radical (unpaired) electrons. The summed E-state index contributed by atoms with van der Waals surface area (Å²) in [5.41, 5.74) is 0.216. The highest BCUT2D eigenvalue weighted by Gasteiger charge is 2.23. The van der Waals surface area contributed by atoms with E-state index in [2.05, 4.69) is 14.7 Å². The molecule has 2 N–H and O–H groups in total. The minimum Gasteiger partial charge on any atom is -0.504 e. The number of methoxy groups -OCH3 is 1. The maximum atomic E-state index is 12.3. The van der Waals surface area contributed by atoms with Crippen molar-refractivity contribution in [1.82, 2.24) is 9.36 Å². The fourth-order valence-electron chi connectivity index (χ4n) is 2.16. The summed E-state index contributed by atoms with van der Waals surface area (Å²) in [5, 5.41) is 20.8. The molecule has 0 atom stereocenters. The molecule has 0 bridgehead atoms. The van der Waals surface area contributed by atoms with Gasteiger partial charge < -0.3 is 9.84 Å². The van der Waals surface area contributed by atoms with Crippen LogP contribution in [0.25, 0.3) is 6.08 Å². The molecule has 11 heteroatoms. The molecular weight excluding hydrogens is 404 g/mol. The van der Waals surface area contributed by atoms with Crippen molar-refractivity contribution < 1.29 is 23.1 Å². The van der Waals surface area contributed by atoms with Crippen LogP contribution >= 0.6 is 11.5 Å². The highest BCUT2D eigenvalue weighted by atomic mass is 32.2. The zero-order valence-corrected chi connectivity index (χ0v) is 17.0. The second kappa shape index (κ2) is 8.81. The Bertz CT molecular complexity index is 1050. The highest BCUT2D eigenvalue weighted by molar-refractivity contribution is 7.91. The summed E-state index contributed by atoms with van der Waals surface area (Å²) < 4.78 is 33.0. The number of anilines is 1. The molecule has 2 aromatic rings. The van der Waals surface area contributed by atoms with Gasteiger partial charge in [-0.15, -0.1) is 0 Å². The van der Waals surface area contributed by atoms with Gasteiger partial charge in [0.2, 0.25) is 15.0 Å². The number of benzene rings is 1. The lowest BCUT2D eigenvalue weighted by Gasteiger charge is -2.04. The molecule has 148 valence electrons. The van der Waals surface area contributed by atoms with Crippen LogP contribution in [-0.2, 0) is 14.6 Å². The van der Waals surface area contributed by atoms with Crippen molar-refractivity contribution >= 4 is 38.5 Å². The molecule has 0 saturated carbocycles. The molecule has 0 unspecified atom stereocenters. The fourth-order valence-corrected chi connectivity index (χ4v) is 4.52. The van der Waals surface area contributed by atoms with Gasteiger partial charge in [0.25, 0.3) is 11.1 Å². The van der Waals surface area contributed by atoms with Crippen LogP contribution in [0.2, 0.25) is 0 Å². The predicted octanol–water partition coefficient (Wildman–Crippen LogP) is 2.23. The van der Waals surface area contributed by atoms with Gasteiger partial charge in [-0.1, -0.05) is 19.9 Å². The lowest BCUT2D eigenvalue weighted by atomic mass is 10.1. The number of hydrogen-bond donors (Lipinski definition) is 2. The van der Waals surface area contributed by atoms with Gasteiger partial charge in [0.15, 0.2) is 11.5 Å². The van der Waals surface area contributed by atoms with E-state index in [1.165, 1.54) is 31.4 Å². The summed E-state index contributed by atoms with van der Waals surface area (Å²) >= 11 is 0.712. The topological polar surface area (TPSA) is 142 Å². The molecular formula is C17H18N4O5S2. The third-order valence-electron chi connectivity index (χ3n) is 3.34. The maximum Gasteiger partial charge on any atom is 0.268 e. The van der Waals surface area contributed by atoms with Gasteiger partial charge in [-0.05, 0) is 29.7 Å². The number of ether oxygens (including phenoxy) is 1. The number of phenolic OH excluding ortho intramolecular Hbond substituents is 1. The molecule has 1 aromatic heterocycles. The number of hydrogen-bond acceptors (Lipinski definition) is 9. The number of aromatic nitrogens is 2. The van der Waals surface area contributed by atoms with E-state index in [4.69, 9.17) is 4.74 Å². The van der Waals surface area contributed by atoms with Gasteiger partial charge in [-0.3, -0.25) is 10.1 Å². The number of nitriles is 1. The molecule has 2 rings (SSSR count). The number of nitrogens with zero attached hydrogens (tertiary/aromatic N) is 3. The Morgan fingerprint density at radius 3 is 2.79 bits per heavy atom. The average molecular weight is 422 g/mol. The van der Waals surface area contributed by atoms with Crippen LogP contribution in [0.3, 0.4) is 0 Å². The van der Waals surface area contributed by atoms with E-state index in [0.29, 0.717) is 17.1 Å². The van der Waals surface area contributed by atoms with E-state index in [9.17, 15) is 23.6 Å². The molecule has 0 aliphatic heterocycles. The number of carbonyl (C=O) groups is 1. The Morgan fingerprint density at radius 1 is 1.46 bits per heavy atom. The summed E-state index contributed by atoms with van der Waals surface area (Å²) in [5.74, 6) is -0.856. The molecule has 1 aromatic carbocycles. The number of nitrogens with one attached hydrogen (secondary N) is 1. The Hall–Kier alpha value is -2.97. The van der Waals surface area contributed by atoms with Crippen LogP contribution in [0, 0.1) is 17.2 Å². The second-order valence-corrected chi connectivity index (χ2v) is 8.79. The number of phenols is 1. The first-order valence-electron chi connectivity index (χ1n) is 8.03. The van der Waals surface area contributed by atoms with Crippen LogP contribution in [0.5, 0.6) is 11.5 Å². The first-order chi connectivity index (χ1) is 13.2. The van der Waals surface area contributed by atoms with E-state index < -0.39 is 15.7 Å². The Morgan fingerprint density at radius 2 is 2.18 bits per heavy atom. The molecule has 0 spiro atoms. The summed E-state index contributed by atoms with van der Waals surface area (Å²) in [7, 11) is -2.27. The molecule has 0 aliphatic rings. The van der Waals surface area contributed by atoms with Crippen LogP contribution in [0.1, 0.15) is 19.4 Å². The third kappa shape index (κ3) is 5.28. The minimum absolute atomic E-state index is 0.0308. The summed E-state index contributed by atoms with van der Waals surface area (Å²) in [6.45, 7) is 3.52. The Labute approximate surface area is 166 Å². The first kappa shape index (κ1) is 21.3. The predicted molar refractivity (Wildman–Crippen MR) is 104 cm³/mol. The fraction of sp³-hybridized carbons (Fsp3) is 0.294. The maximum absolute atomic E-state index is 12.3. The Kier molecular flexibility index (Phi) is 6.71. The lowest BCUT2D eigenvalue weighted by molar-refractivity contribution is -0.112. The van der Waals surface area contributed by atoms with E-state index >= 15 is 0 Å². The number of amides is 1. The summed E-state index contributed by atoms with van der Waals surface area (Å²) in [6, 6.07) is 6.10. The molecule has 9 nitrogen and oxygen atoms in total. The normalized spacial score (nSPS) is 11.9. The van der Waals surface area contributed by atoms with Gasteiger partial charge in [0, 0.05) is 11.5 Å². The van der Waals surface area contributed by atoms with Gasteiger partial charge in [0.1, 0.15) is 11.6 Å². The largest absolute Gasteiger partial charge is 0.504 e.